The van der Waals surface area contributed by atoms with Crippen molar-refractivity contribution in [2.75, 3.05) is 18.1 Å². The fourth-order valence-electron chi connectivity index (χ4n) is 1.86. The third-order valence-electron chi connectivity index (χ3n) is 2.86. The van der Waals surface area contributed by atoms with Crippen molar-refractivity contribution >= 4 is 11.8 Å². The Hall–Kier alpha value is 0.270. The Morgan fingerprint density at radius 3 is 2.62 bits per heavy atom. The largest absolute Gasteiger partial charge is 0.375 e. The average Bonchev–Trinajstić information content (AvgIpc) is 2.21. The van der Waals surface area contributed by atoms with Gasteiger partial charge >= 0.3 is 0 Å². The molecule has 2 nitrogen and oxygen atoms in total. The van der Waals surface area contributed by atoms with E-state index in [2.05, 4.69) is 13.8 Å². The van der Waals surface area contributed by atoms with Gasteiger partial charge in [0.2, 0.25) is 0 Å². The van der Waals surface area contributed by atoms with Gasteiger partial charge in [-0.3, -0.25) is 0 Å². The Balaban J connectivity index is 2.38. The van der Waals surface area contributed by atoms with Crippen molar-refractivity contribution in [2.45, 2.75) is 38.8 Å². The van der Waals surface area contributed by atoms with Crippen LogP contribution in [-0.2, 0) is 4.74 Å². The Morgan fingerprint density at radius 1 is 1.46 bits per heavy atom. The second-order valence-corrected chi connectivity index (χ2v) is 4.79. The molecule has 3 heteroatoms. The molecule has 1 saturated heterocycles. The molecule has 0 bridgehead atoms. The lowest BCUT2D eigenvalue weighted by Crippen LogP contribution is -2.45. The number of rotatable bonds is 4. The van der Waals surface area contributed by atoms with E-state index in [1.165, 1.54) is 12.8 Å². The van der Waals surface area contributed by atoms with Gasteiger partial charge in [-0.05, 0) is 5.92 Å². The molecule has 0 aliphatic carbocycles. The first-order chi connectivity index (χ1) is 6.29. The van der Waals surface area contributed by atoms with E-state index in [1.807, 2.05) is 11.8 Å². The van der Waals surface area contributed by atoms with Crippen molar-refractivity contribution in [2.24, 2.45) is 11.7 Å². The van der Waals surface area contributed by atoms with Gasteiger partial charge in [-0.2, -0.15) is 11.8 Å². The Labute approximate surface area is 85.6 Å². The number of thioether (sulfide) groups is 1. The SMILES string of the molecule is CCC(CC)C(N)C1CSCCO1. The number of hydrogen-bond acceptors (Lipinski definition) is 3. The van der Waals surface area contributed by atoms with Gasteiger partial charge in [0.05, 0.1) is 12.7 Å². The molecule has 0 aromatic heterocycles. The molecule has 2 unspecified atom stereocenters. The molecular formula is C10H21NOS. The highest BCUT2D eigenvalue weighted by molar-refractivity contribution is 7.99. The first-order valence-electron chi connectivity index (χ1n) is 5.24. The lowest BCUT2D eigenvalue weighted by Gasteiger charge is -2.32. The van der Waals surface area contributed by atoms with Gasteiger partial charge < -0.3 is 10.5 Å². The zero-order chi connectivity index (χ0) is 9.68. The zero-order valence-electron chi connectivity index (χ0n) is 8.66. The lowest BCUT2D eigenvalue weighted by atomic mass is 9.91. The molecule has 0 spiro atoms. The first-order valence-corrected chi connectivity index (χ1v) is 6.40. The monoisotopic (exact) mass is 203 g/mol. The summed E-state index contributed by atoms with van der Waals surface area (Å²) in [5.41, 5.74) is 6.18. The molecule has 0 radical (unpaired) electrons. The Bertz CT molecular complexity index is 133. The molecule has 1 heterocycles. The van der Waals surface area contributed by atoms with Gasteiger partial charge in [0.15, 0.2) is 0 Å². The van der Waals surface area contributed by atoms with Crippen molar-refractivity contribution < 1.29 is 4.74 Å². The highest BCUT2D eigenvalue weighted by Gasteiger charge is 2.26. The molecule has 2 N–H and O–H groups in total. The van der Waals surface area contributed by atoms with E-state index in [4.69, 9.17) is 10.5 Å². The van der Waals surface area contributed by atoms with Crippen LogP contribution in [0.2, 0.25) is 0 Å². The van der Waals surface area contributed by atoms with Crippen LogP contribution in [0.1, 0.15) is 26.7 Å². The maximum Gasteiger partial charge on any atom is 0.0819 e. The van der Waals surface area contributed by atoms with E-state index in [-0.39, 0.29) is 6.04 Å². The zero-order valence-corrected chi connectivity index (χ0v) is 9.48. The predicted molar refractivity (Wildman–Crippen MR) is 59.1 cm³/mol. The van der Waals surface area contributed by atoms with Gasteiger partial charge in [0, 0.05) is 17.5 Å². The van der Waals surface area contributed by atoms with E-state index >= 15 is 0 Å². The molecule has 2 atom stereocenters. The molecule has 1 rings (SSSR count). The van der Waals surface area contributed by atoms with Crippen LogP contribution in [0.15, 0.2) is 0 Å². The molecule has 13 heavy (non-hydrogen) atoms. The minimum absolute atomic E-state index is 0.239. The van der Waals surface area contributed by atoms with Gasteiger partial charge in [-0.1, -0.05) is 26.7 Å². The maximum atomic E-state index is 6.18. The summed E-state index contributed by atoms with van der Waals surface area (Å²) in [6.45, 7) is 5.30. The second-order valence-electron chi connectivity index (χ2n) is 3.64. The van der Waals surface area contributed by atoms with E-state index in [0.29, 0.717) is 12.0 Å². The topological polar surface area (TPSA) is 35.2 Å². The minimum atomic E-state index is 0.239. The lowest BCUT2D eigenvalue weighted by molar-refractivity contribution is 0.0404. The Kier molecular flexibility index (Phi) is 5.14. The summed E-state index contributed by atoms with van der Waals surface area (Å²) in [5, 5.41) is 0. The fourth-order valence-corrected chi connectivity index (χ4v) is 2.80. The van der Waals surface area contributed by atoms with Crippen LogP contribution < -0.4 is 5.73 Å². The normalized spacial score (nSPS) is 26.3. The number of hydrogen-bond donors (Lipinski definition) is 1. The van der Waals surface area contributed by atoms with Crippen molar-refractivity contribution in [3.8, 4) is 0 Å². The maximum absolute atomic E-state index is 6.18. The van der Waals surface area contributed by atoms with Crippen LogP contribution in [0, 0.1) is 5.92 Å². The van der Waals surface area contributed by atoms with Gasteiger partial charge in [-0.25, -0.2) is 0 Å². The quantitative estimate of drug-likeness (QED) is 0.758. The van der Waals surface area contributed by atoms with Crippen LogP contribution in [0.4, 0.5) is 0 Å². The third kappa shape index (κ3) is 3.15. The smallest absolute Gasteiger partial charge is 0.0819 e. The molecule has 0 aromatic carbocycles. The van der Waals surface area contributed by atoms with Crippen LogP contribution >= 0.6 is 11.8 Å². The van der Waals surface area contributed by atoms with Crippen LogP contribution in [-0.4, -0.2) is 30.3 Å². The summed E-state index contributed by atoms with van der Waals surface area (Å²) in [5.74, 6) is 2.84. The van der Waals surface area contributed by atoms with Crippen molar-refractivity contribution in [3.05, 3.63) is 0 Å². The highest BCUT2D eigenvalue weighted by Crippen LogP contribution is 2.21. The first kappa shape index (κ1) is 11.3. The predicted octanol–water partition coefficient (Wildman–Crippen LogP) is 1.88. The van der Waals surface area contributed by atoms with Crippen molar-refractivity contribution in [1.29, 1.82) is 0 Å². The summed E-state index contributed by atoms with van der Waals surface area (Å²) in [7, 11) is 0. The van der Waals surface area contributed by atoms with E-state index in [9.17, 15) is 0 Å². The number of nitrogens with two attached hydrogens (primary N) is 1. The van der Waals surface area contributed by atoms with Gasteiger partial charge in [0.1, 0.15) is 0 Å². The summed E-state index contributed by atoms with van der Waals surface area (Å²) in [6, 6.07) is 0.239. The molecular weight excluding hydrogens is 182 g/mol. The Morgan fingerprint density at radius 2 is 2.15 bits per heavy atom. The van der Waals surface area contributed by atoms with Gasteiger partial charge in [-0.15, -0.1) is 0 Å². The second kappa shape index (κ2) is 5.89. The van der Waals surface area contributed by atoms with Crippen LogP contribution in [0.25, 0.3) is 0 Å². The van der Waals surface area contributed by atoms with Crippen molar-refractivity contribution in [3.63, 3.8) is 0 Å². The highest BCUT2D eigenvalue weighted by atomic mass is 32.2. The summed E-state index contributed by atoms with van der Waals surface area (Å²) in [6.07, 6.45) is 2.63. The van der Waals surface area contributed by atoms with Crippen molar-refractivity contribution in [1.82, 2.24) is 0 Å². The summed E-state index contributed by atoms with van der Waals surface area (Å²) >= 11 is 1.96. The van der Waals surface area contributed by atoms with E-state index in [1.54, 1.807) is 0 Å². The van der Waals surface area contributed by atoms with E-state index < -0.39 is 0 Å². The number of ether oxygens (including phenoxy) is 1. The van der Waals surface area contributed by atoms with Crippen LogP contribution in [0.5, 0.6) is 0 Å². The minimum Gasteiger partial charge on any atom is -0.375 e. The molecule has 0 amide bonds. The third-order valence-corrected chi connectivity index (χ3v) is 3.88. The molecule has 0 aromatic rings. The van der Waals surface area contributed by atoms with Crippen LogP contribution in [0.3, 0.4) is 0 Å². The fraction of sp³-hybridized carbons (Fsp3) is 1.00. The van der Waals surface area contributed by atoms with E-state index in [0.717, 1.165) is 18.1 Å². The average molecular weight is 203 g/mol. The van der Waals surface area contributed by atoms with Gasteiger partial charge in [0.25, 0.3) is 0 Å². The molecule has 78 valence electrons. The molecule has 0 saturated carbocycles. The molecule has 1 aliphatic heterocycles. The molecule has 1 fully saturated rings. The summed E-state index contributed by atoms with van der Waals surface area (Å²) in [4.78, 5) is 0. The summed E-state index contributed by atoms with van der Waals surface area (Å²) < 4.78 is 5.68. The molecule has 1 aliphatic rings. The standard InChI is InChI=1S/C10H21NOS/c1-3-8(4-2)10(11)9-7-13-6-5-12-9/h8-10H,3-7,11H2,1-2H3.